The topological polar surface area (TPSA) is 12.0 Å². The molecule has 1 aliphatic rings. The molecule has 0 amide bonds. The van der Waals surface area contributed by atoms with Crippen molar-refractivity contribution >= 4 is 33.4 Å². The summed E-state index contributed by atoms with van der Waals surface area (Å²) in [4.78, 5) is 0.675. The molecule has 0 spiro atoms. The van der Waals surface area contributed by atoms with Gasteiger partial charge < -0.3 is 5.32 Å². The number of nitrogens with one attached hydrogen (secondary N) is 1. The average molecular weight is 356 g/mol. The van der Waals surface area contributed by atoms with Gasteiger partial charge in [0.05, 0.1) is 11.7 Å². The van der Waals surface area contributed by atoms with E-state index in [0.29, 0.717) is 15.1 Å². The highest BCUT2D eigenvalue weighted by Gasteiger charge is 2.23. The Labute approximate surface area is 128 Å². The van der Waals surface area contributed by atoms with Crippen LogP contribution in [-0.4, -0.2) is 5.75 Å². The molecule has 20 heavy (non-hydrogen) atoms. The molecule has 5 heteroatoms. The van der Waals surface area contributed by atoms with Gasteiger partial charge in [-0.05, 0) is 36.2 Å². The maximum Gasteiger partial charge on any atom is 0.147 e. The predicted molar refractivity (Wildman–Crippen MR) is 82.2 cm³/mol. The van der Waals surface area contributed by atoms with E-state index in [9.17, 15) is 8.78 Å². The van der Waals surface area contributed by atoms with Gasteiger partial charge in [-0.1, -0.05) is 28.1 Å². The number of hydrogen-bond acceptors (Lipinski definition) is 2. The van der Waals surface area contributed by atoms with E-state index in [1.54, 1.807) is 18.2 Å². The van der Waals surface area contributed by atoms with Crippen molar-refractivity contribution in [2.45, 2.75) is 17.4 Å². The van der Waals surface area contributed by atoms with Gasteiger partial charge in [-0.2, -0.15) is 0 Å². The fourth-order valence-corrected chi connectivity index (χ4v) is 3.80. The molecule has 2 aromatic carbocycles. The van der Waals surface area contributed by atoms with Crippen LogP contribution in [0.15, 0.2) is 45.8 Å². The molecule has 2 aromatic rings. The zero-order valence-electron chi connectivity index (χ0n) is 10.5. The van der Waals surface area contributed by atoms with Gasteiger partial charge in [0.2, 0.25) is 0 Å². The van der Waals surface area contributed by atoms with Crippen LogP contribution in [-0.2, 0) is 0 Å². The van der Waals surface area contributed by atoms with E-state index in [1.165, 1.54) is 23.9 Å². The molecule has 0 aromatic heterocycles. The Hall–Kier alpha value is -1.07. The van der Waals surface area contributed by atoms with E-state index in [1.807, 2.05) is 6.07 Å². The summed E-state index contributed by atoms with van der Waals surface area (Å²) in [6, 6.07) is 9.92. The first kappa shape index (κ1) is 13.9. The monoisotopic (exact) mass is 355 g/mol. The smallest absolute Gasteiger partial charge is 0.147 e. The molecule has 1 aliphatic heterocycles. The van der Waals surface area contributed by atoms with Crippen molar-refractivity contribution in [1.29, 1.82) is 0 Å². The number of hydrogen-bond donors (Lipinski definition) is 1. The summed E-state index contributed by atoms with van der Waals surface area (Å²) in [6.07, 6.45) is 0.844. The Balaban J connectivity index is 1.91. The third-order valence-corrected chi connectivity index (χ3v) is 4.94. The lowest BCUT2D eigenvalue weighted by Gasteiger charge is -2.27. The minimum Gasteiger partial charge on any atom is -0.376 e. The van der Waals surface area contributed by atoms with Crippen molar-refractivity contribution in [3.8, 4) is 0 Å². The second-order valence-corrected chi connectivity index (χ2v) is 6.64. The molecular formula is C15H12BrF2NS. The number of rotatable bonds is 2. The van der Waals surface area contributed by atoms with Crippen molar-refractivity contribution in [1.82, 2.24) is 0 Å². The average Bonchev–Trinajstić information content (AvgIpc) is 2.43. The third-order valence-electron chi connectivity index (χ3n) is 3.29. The summed E-state index contributed by atoms with van der Waals surface area (Å²) in [5.41, 5.74) is 1.35. The molecule has 1 atom stereocenters. The zero-order chi connectivity index (χ0) is 14.1. The lowest BCUT2D eigenvalue weighted by Crippen LogP contribution is -2.17. The van der Waals surface area contributed by atoms with Gasteiger partial charge >= 0.3 is 0 Å². The lowest BCUT2D eigenvalue weighted by atomic mass is 10.0. The van der Waals surface area contributed by atoms with E-state index < -0.39 is 0 Å². The predicted octanol–water partition coefficient (Wildman–Crippen LogP) is 5.38. The molecule has 1 heterocycles. The van der Waals surface area contributed by atoms with Crippen LogP contribution in [0.5, 0.6) is 0 Å². The first-order valence-electron chi connectivity index (χ1n) is 6.28. The lowest BCUT2D eigenvalue weighted by molar-refractivity contribution is 0.583. The van der Waals surface area contributed by atoms with E-state index in [0.717, 1.165) is 17.7 Å². The number of anilines is 1. The van der Waals surface area contributed by atoms with Gasteiger partial charge in [0, 0.05) is 15.1 Å². The van der Waals surface area contributed by atoms with Crippen molar-refractivity contribution < 1.29 is 8.78 Å². The fourth-order valence-electron chi connectivity index (χ4n) is 2.33. The van der Waals surface area contributed by atoms with Crippen molar-refractivity contribution in [2.75, 3.05) is 11.1 Å². The van der Waals surface area contributed by atoms with Crippen LogP contribution in [0.3, 0.4) is 0 Å². The van der Waals surface area contributed by atoms with Gasteiger partial charge in [-0.25, -0.2) is 8.78 Å². The first-order chi connectivity index (χ1) is 9.65. The van der Waals surface area contributed by atoms with Crippen LogP contribution in [0.1, 0.15) is 18.0 Å². The quantitative estimate of drug-likeness (QED) is 0.776. The van der Waals surface area contributed by atoms with Crippen molar-refractivity contribution in [2.24, 2.45) is 0 Å². The van der Waals surface area contributed by atoms with E-state index in [2.05, 4.69) is 21.2 Å². The van der Waals surface area contributed by atoms with Gasteiger partial charge in [-0.3, -0.25) is 0 Å². The molecule has 3 rings (SSSR count). The van der Waals surface area contributed by atoms with Gasteiger partial charge in [0.1, 0.15) is 11.6 Å². The molecule has 0 fully saturated rings. The number of fused-ring (bicyclic) bond motifs is 1. The normalized spacial score (nSPS) is 17.6. The summed E-state index contributed by atoms with van der Waals surface area (Å²) in [5.74, 6) is 0.315. The SMILES string of the molecule is Fc1cc(Br)ccc1NC1CCSc2c(F)cccc21. The van der Waals surface area contributed by atoms with Gasteiger partial charge in [0.25, 0.3) is 0 Å². The minimum atomic E-state index is -0.310. The molecule has 0 saturated heterocycles. The molecule has 104 valence electrons. The number of halogens is 3. The van der Waals surface area contributed by atoms with Crippen LogP contribution in [0.2, 0.25) is 0 Å². The Morgan fingerprint density at radius 2 is 2.00 bits per heavy atom. The minimum absolute atomic E-state index is 0.0578. The fraction of sp³-hybridized carbons (Fsp3) is 0.200. The Bertz CT molecular complexity index is 648. The first-order valence-corrected chi connectivity index (χ1v) is 8.06. The Kier molecular flexibility index (Phi) is 3.98. The molecular weight excluding hydrogens is 344 g/mol. The summed E-state index contributed by atoms with van der Waals surface area (Å²) >= 11 is 4.76. The molecule has 0 radical (unpaired) electrons. The largest absolute Gasteiger partial charge is 0.376 e. The van der Waals surface area contributed by atoms with Crippen LogP contribution >= 0.6 is 27.7 Å². The molecule has 1 nitrogen and oxygen atoms in total. The van der Waals surface area contributed by atoms with Crippen LogP contribution in [0, 0.1) is 11.6 Å². The highest BCUT2D eigenvalue weighted by molar-refractivity contribution is 9.10. The standard InChI is InChI=1S/C15H12BrF2NS/c16-9-4-5-14(12(18)8-9)19-13-6-7-20-15-10(13)2-1-3-11(15)17/h1-5,8,13,19H,6-7H2. The summed E-state index contributed by atoms with van der Waals surface area (Å²) < 4.78 is 28.4. The molecule has 1 unspecified atom stereocenters. The second-order valence-electron chi connectivity index (χ2n) is 4.62. The third kappa shape index (κ3) is 2.69. The van der Waals surface area contributed by atoms with E-state index >= 15 is 0 Å². The van der Waals surface area contributed by atoms with Crippen molar-refractivity contribution in [3.05, 3.63) is 58.1 Å². The molecule has 0 bridgehead atoms. The Morgan fingerprint density at radius 1 is 1.15 bits per heavy atom. The maximum absolute atomic E-state index is 13.9. The summed E-state index contributed by atoms with van der Waals surface area (Å²) in [6.45, 7) is 0. The van der Waals surface area contributed by atoms with Crippen LogP contribution in [0.25, 0.3) is 0 Å². The molecule has 0 aliphatic carbocycles. The van der Waals surface area contributed by atoms with Crippen LogP contribution < -0.4 is 5.32 Å². The van der Waals surface area contributed by atoms with E-state index in [4.69, 9.17) is 0 Å². The van der Waals surface area contributed by atoms with E-state index in [-0.39, 0.29) is 17.7 Å². The maximum atomic E-state index is 13.9. The highest BCUT2D eigenvalue weighted by atomic mass is 79.9. The molecule has 0 saturated carbocycles. The summed E-state index contributed by atoms with van der Waals surface area (Å²) in [7, 11) is 0. The number of benzene rings is 2. The zero-order valence-corrected chi connectivity index (χ0v) is 12.9. The van der Waals surface area contributed by atoms with Crippen molar-refractivity contribution in [3.63, 3.8) is 0 Å². The highest BCUT2D eigenvalue weighted by Crippen LogP contribution is 2.39. The Morgan fingerprint density at radius 3 is 2.80 bits per heavy atom. The van der Waals surface area contributed by atoms with Crippen LogP contribution in [0.4, 0.5) is 14.5 Å². The molecule has 1 N–H and O–H groups in total. The van der Waals surface area contributed by atoms with Gasteiger partial charge in [-0.15, -0.1) is 11.8 Å². The number of thioether (sulfide) groups is 1. The van der Waals surface area contributed by atoms with Gasteiger partial charge in [0.15, 0.2) is 0 Å². The second kappa shape index (κ2) is 5.74. The summed E-state index contributed by atoms with van der Waals surface area (Å²) in [5, 5.41) is 3.18.